The van der Waals surface area contributed by atoms with Crippen molar-refractivity contribution in [3.63, 3.8) is 0 Å². The molecule has 4 aromatic carbocycles. The number of nitrogens with one attached hydrogen (secondary N) is 1. The summed E-state index contributed by atoms with van der Waals surface area (Å²) in [6.07, 6.45) is 0.0658. The number of carbonyl (C=O) groups is 1. The minimum atomic E-state index is -4.63. The summed E-state index contributed by atoms with van der Waals surface area (Å²) in [5.41, 5.74) is 2.73. The molecule has 0 saturated heterocycles. The number of alkyl halides is 3. The summed E-state index contributed by atoms with van der Waals surface area (Å²) in [5, 5.41) is 6.32. The third-order valence-electron chi connectivity index (χ3n) is 7.82. The van der Waals surface area contributed by atoms with Crippen LogP contribution in [0.1, 0.15) is 52.4 Å². The Hall–Kier alpha value is -4.70. The van der Waals surface area contributed by atoms with Gasteiger partial charge in [0.05, 0.1) is 22.2 Å². The second-order valence-corrected chi connectivity index (χ2v) is 12.5. The molecule has 0 spiro atoms. The monoisotopic (exact) mass is 615 g/mol. The SMILES string of the molecule is O=C(c1cccc(S(=O)(=O)Nc2cccc(C(F)(F)F)c2)c1)N1N=C2C(=Cc3ccccc3)CCCC2C1c1ccccc1. The molecule has 2 aliphatic rings. The molecule has 1 aliphatic heterocycles. The Labute approximate surface area is 253 Å². The van der Waals surface area contributed by atoms with Gasteiger partial charge in [0.2, 0.25) is 0 Å². The highest BCUT2D eigenvalue weighted by atomic mass is 32.2. The number of halogens is 3. The van der Waals surface area contributed by atoms with Gasteiger partial charge >= 0.3 is 6.18 Å². The van der Waals surface area contributed by atoms with Gasteiger partial charge < -0.3 is 0 Å². The van der Waals surface area contributed by atoms with Crippen LogP contribution >= 0.6 is 0 Å². The van der Waals surface area contributed by atoms with Crippen molar-refractivity contribution in [1.29, 1.82) is 0 Å². The lowest BCUT2D eigenvalue weighted by atomic mass is 9.77. The molecule has 44 heavy (non-hydrogen) atoms. The number of sulfonamides is 1. The summed E-state index contributed by atoms with van der Waals surface area (Å²) >= 11 is 0. The average molecular weight is 616 g/mol. The van der Waals surface area contributed by atoms with Crippen LogP contribution in [0.2, 0.25) is 0 Å². The van der Waals surface area contributed by atoms with Crippen molar-refractivity contribution in [1.82, 2.24) is 5.01 Å². The van der Waals surface area contributed by atoms with Gasteiger partial charge in [0.1, 0.15) is 0 Å². The molecule has 1 amide bonds. The normalized spacial score (nSPS) is 19.4. The number of hydrogen-bond acceptors (Lipinski definition) is 4. The summed E-state index contributed by atoms with van der Waals surface area (Å²) in [7, 11) is -4.32. The van der Waals surface area contributed by atoms with Crippen LogP contribution in [0.4, 0.5) is 18.9 Å². The molecule has 1 N–H and O–H groups in total. The molecular formula is C34H28F3N3O3S. The fourth-order valence-corrected chi connectivity index (χ4v) is 6.90. The Balaban J connectivity index is 1.34. The number of anilines is 1. The molecule has 2 atom stereocenters. The maximum atomic E-state index is 14.1. The molecule has 0 aromatic heterocycles. The van der Waals surface area contributed by atoms with E-state index in [-0.39, 0.29) is 28.1 Å². The van der Waals surface area contributed by atoms with E-state index in [1.807, 2.05) is 60.7 Å². The molecule has 6 nitrogen and oxygen atoms in total. The molecule has 224 valence electrons. The predicted molar refractivity (Wildman–Crippen MR) is 163 cm³/mol. The number of hydrogen-bond donors (Lipinski definition) is 1. The zero-order chi connectivity index (χ0) is 30.9. The first kappa shape index (κ1) is 29.4. The quantitative estimate of drug-likeness (QED) is 0.239. The third kappa shape index (κ3) is 6.03. The Morgan fingerprint density at radius 1 is 0.886 bits per heavy atom. The molecule has 10 heteroatoms. The Kier molecular flexibility index (Phi) is 7.85. The first-order chi connectivity index (χ1) is 21.1. The van der Waals surface area contributed by atoms with E-state index in [1.54, 1.807) is 0 Å². The maximum Gasteiger partial charge on any atom is 0.416 e. The second-order valence-electron chi connectivity index (χ2n) is 10.8. The zero-order valence-electron chi connectivity index (χ0n) is 23.4. The van der Waals surface area contributed by atoms with Gasteiger partial charge in [-0.25, -0.2) is 13.4 Å². The molecule has 1 saturated carbocycles. The molecule has 1 heterocycles. The molecule has 0 radical (unpaired) electrons. The van der Waals surface area contributed by atoms with Gasteiger partial charge in [-0.05, 0) is 78.4 Å². The highest BCUT2D eigenvalue weighted by molar-refractivity contribution is 7.92. The van der Waals surface area contributed by atoms with Crippen LogP contribution < -0.4 is 4.72 Å². The Morgan fingerprint density at radius 3 is 2.32 bits per heavy atom. The van der Waals surface area contributed by atoms with Crippen LogP contribution in [0, 0.1) is 5.92 Å². The summed E-state index contributed by atoms with van der Waals surface area (Å²) in [6.45, 7) is 0. The molecule has 1 aliphatic carbocycles. The molecule has 1 fully saturated rings. The number of nitrogens with zero attached hydrogens (tertiary/aromatic N) is 2. The zero-order valence-corrected chi connectivity index (χ0v) is 24.2. The molecule has 4 aromatic rings. The summed E-state index contributed by atoms with van der Waals surface area (Å²) in [4.78, 5) is 13.8. The van der Waals surface area contributed by atoms with Gasteiger partial charge in [-0.3, -0.25) is 9.52 Å². The van der Waals surface area contributed by atoms with E-state index < -0.39 is 27.7 Å². The van der Waals surface area contributed by atoms with Crippen molar-refractivity contribution < 1.29 is 26.4 Å². The smallest absolute Gasteiger partial charge is 0.280 e. The van der Waals surface area contributed by atoms with Crippen molar-refractivity contribution in [3.8, 4) is 0 Å². The van der Waals surface area contributed by atoms with E-state index in [9.17, 15) is 26.4 Å². The van der Waals surface area contributed by atoms with Gasteiger partial charge in [0.15, 0.2) is 0 Å². The van der Waals surface area contributed by atoms with E-state index in [2.05, 4.69) is 10.8 Å². The summed E-state index contributed by atoms with van der Waals surface area (Å²) < 4.78 is 68.2. The van der Waals surface area contributed by atoms with Crippen molar-refractivity contribution >= 4 is 33.4 Å². The fraction of sp³-hybridized carbons (Fsp3) is 0.176. The van der Waals surface area contributed by atoms with Gasteiger partial charge in [-0.1, -0.05) is 72.8 Å². The number of rotatable bonds is 6. The average Bonchev–Trinajstić information content (AvgIpc) is 3.42. The number of allylic oxidation sites excluding steroid dienone is 1. The third-order valence-corrected chi connectivity index (χ3v) is 9.20. The molecule has 2 unspecified atom stereocenters. The molecule has 0 bridgehead atoms. The number of amides is 1. The largest absolute Gasteiger partial charge is 0.416 e. The molecule has 6 rings (SSSR count). The van der Waals surface area contributed by atoms with Crippen LogP contribution in [0.15, 0.2) is 125 Å². The topological polar surface area (TPSA) is 78.8 Å². The van der Waals surface area contributed by atoms with E-state index in [1.165, 1.54) is 35.3 Å². The Bertz CT molecular complexity index is 1860. The highest BCUT2D eigenvalue weighted by Crippen LogP contribution is 2.45. The number of hydrazone groups is 1. The van der Waals surface area contributed by atoms with Crippen LogP contribution in [-0.4, -0.2) is 25.0 Å². The summed E-state index contributed by atoms with van der Waals surface area (Å²) in [5.74, 6) is -0.518. The lowest BCUT2D eigenvalue weighted by Gasteiger charge is -2.29. The van der Waals surface area contributed by atoms with Gasteiger partial charge in [0.25, 0.3) is 15.9 Å². The molecular weight excluding hydrogens is 587 g/mol. The van der Waals surface area contributed by atoms with Crippen molar-refractivity contribution in [2.75, 3.05) is 4.72 Å². The predicted octanol–water partition coefficient (Wildman–Crippen LogP) is 7.94. The van der Waals surface area contributed by atoms with E-state index in [4.69, 9.17) is 5.10 Å². The lowest BCUT2D eigenvalue weighted by Crippen LogP contribution is -2.32. The second kappa shape index (κ2) is 11.8. The fourth-order valence-electron chi connectivity index (χ4n) is 5.80. The Morgan fingerprint density at radius 2 is 1.59 bits per heavy atom. The van der Waals surface area contributed by atoms with E-state index in [0.717, 1.165) is 59.9 Å². The number of fused-ring (bicyclic) bond motifs is 1. The first-order valence-corrected chi connectivity index (χ1v) is 15.6. The number of benzene rings is 4. The lowest BCUT2D eigenvalue weighted by molar-refractivity contribution is -0.137. The van der Waals surface area contributed by atoms with Gasteiger partial charge in [-0.15, -0.1) is 0 Å². The van der Waals surface area contributed by atoms with Crippen molar-refractivity contribution in [3.05, 3.63) is 137 Å². The van der Waals surface area contributed by atoms with Crippen LogP contribution in [0.3, 0.4) is 0 Å². The van der Waals surface area contributed by atoms with Crippen molar-refractivity contribution in [2.24, 2.45) is 11.0 Å². The van der Waals surface area contributed by atoms with E-state index >= 15 is 0 Å². The van der Waals surface area contributed by atoms with Gasteiger partial charge in [0, 0.05) is 17.2 Å². The minimum Gasteiger partial charge on any atom is -0.280 e. The van der Waals surface area contributed by atoms with Crippen LogP contribution in [-0.2, 0) is 16.2 Å². The van der Waals surface area contributed by atoms with E-state index in [0.29, 0.717) is 0 Å². The number of carbonyl (C=O) groups excluding carboxylic acids is 1. The summed E-state index contributed by atoms with van der Waals surface area (Å²) in [6, 6.07) is 28.6. The van der Waals surface area contributed by atoms with Crippen molar-refractivity contribution in [2.45, 2.75) is 36.4 Å². The van der Waals surface area contributed by atoms with Gasteiger partial charge in [-0.2, -0.15) is 18.3 Å². The van der Waals surface area contributed by atoms with Crippen LogP contribution in [0.25, 0.3) is 6.08 Å². The van der Waals surface area contributed by atoms with Crippen LogP contribution in [0.5, 0.6) is 0 Å². The highest BCUT2D eigenvalue weighted by Gasteiger charge is 2.44. The minimum absolute atomic E-state index is 0.0421. The maximum absolute atomic E-state index is 14.1. The first-order valence-electron chi connectivity index (χ1n) is 14.1. The standard InChI is InChI=1S/C34H28F3N3O3S/c35-34(36,37)27-16-9-17-28(22-27)39-44(42,43)29-18-7-15-26(21-29)33(41)40-32(24-12-5-2-6-13-24)30-19-8-14-25(31(30)38-40)20-23-10-3-1-4-11-23/h1-7,9-13,15-18,20-22,30,32,39H,8,14,19H2.